The van der Waals surface area contributed by atoms with E-state index in [2.05, 4.69) is 22.5 Å². The molecule has 1 aliphatic rings. The van der Waals surface area contributed by atoms with E-state index in [-0.39, 0.29) is 10.6 Å². The molecule has 3 rings (SSSR count). The molecule has 1 unspecified atom stereocenters. The van der Waals surface area contributed by atoms with E-state index in [1.165, 1.54) is 6.07 Å². The van der Waals surface area contributed by atoms with Gasteiger partial charge in [0, 0.05) is 34.9 Å². The van der Waals surface area contributed by atoms with Crippen molar-refractivity contribution in [1.29, 1.82) is 0 Å². The van der Waals surface area contributed by atoms with Crippen LogP contribution in [0.1, 0.15) is 25.0 Å². The molecule has 0 radical (unpaired) electrons. The van der Waals surface area contributed by atoms with Crippen LogP contribution in [0, 0.1) is 17.0 Å². The lowest BCUT2D eigenvalue weighted by Gasteiger charge is -2.21. The van der Waals surface area contributed by atoms with Crippen LogP contribution in [0.4, 0.5) is 11.4 Å². The highest BCUT2D eigenvalue weighted by atomic mass is 16.6. The molecular formula is C16H17N3O2. The SMILES string of the molecule is Cc1cc(NC2CC=CCC2)c2cc([N+](=O)[O-])ccc2n1. The van der Waals surface area contributed by atoms with Gasteiger partial charge in [-0.1, -0.05) is 12.2 Å². The highest BCUT2D eigenvalue weighted by Crippen LogP contribution is 2.29. The van der Waals surface area contributed by atoms with E-state index in [1.807, 2.05) is 13.0 Å². The molecule has 1 heterocycles. The van der Waals surface area contributed by atoms with Gasteiger partial charge in [0.25, 0.3) is 5.69 Å². The second-order valence-corrected chi connectivity index (χ2v) is 5.40. The highest BCUT2D eigenvalue weighted by molar-refractivity contribution is 5.93. The first-order chi connectivity index (χ1) is 10.1. The molecule has 1 aliphatic carbocycles. The summed E-state index contributed by atoms with van der Waals surface area (Å²) >= 11 is 0. The highest BCUT2D eigenvalue weighted by Gasteiger charge is 2.14. The van der Waals surface area contributed by atoms with Crippen LogP contribution in [0.25, 0.3) is 10.9 Å². The van der Waals surface area contributed by atoms with Gasteiger partial charge in [-0.15, -0.1) is 0 Å². The molecule has 1 atom stereocenters. The molecule has 5 heteroatoms. The Morgan fingerprint density at radius 1 is 1.33 bits per heavy atom. The molecular weight excluding hydrogens is 266 g/mol. The first-order valence-electron chi connectivity index (χ1n) is 7.11. The van der Waals surface area contributed by atoms with E-state index < -0.39 is 0 Å². The zero-order chi connectivity index (χ0) is 14.8. The predicted octanol–water partition coefficient (Wildman–Crippen LogP) is 3.97. The summed E-state index contributed by atoms with van der Waals surface area (Å²) in [5, 5.41) is 15.3. The number of aryl methyl sites for hydroxylation is 1. The van der Waals surface area contributed by atoms with Gasteiger partial charge >= 0.3 is 0 Å². The summed E-state index contributed by atoms with van der Waals surface area (Å²) in [6.45, 7) is 1.94. The number of aromatic nitrogens is 1. The van der Waals surface area contributed by atoms with Crippen molar-refractivity contribution in [2.24, 2.45) is 0 Å². The number of benzene rings is 1. The van der Waals surface area contributed by atoms with Crippen molar-refractivity contribution in [3.05, 3.63) is 52.2 Å². The van der Waals surface area contributed by atoms with E-state index >= 15 is 0 Å². The Kier molecular flexibility index (Phi) is 3.56. The summed E-state index contributed by atoms with van der Waals surface area (Å²) in [7, 11) is 0. The Morgan fingerprint density at radius 2 is 2.19 bits per heavy atom. The third-order valence-electron chi connectivity index (χ3n) is 3.76. The normalized spacial score (nSPS) is 17.9. The van der Waals surface area contributed by atoms with Crippen LogP contribution < -0.4 is 5.32 Å². The molecule has 2 aromatic rings. The number of fused-ring (bicyclic) bond motifs is 1. The molecule has 0 saturated heterocycles. The predicted molar refractivity (Wildman–Crippen MR) is 83.5 cm³/mol. The number of rotatable bonds is 3. The Morgan fingerprint density at radius 3 is 2.90 bits per heavy atom. The number of allylic oxidation sites excluding steroid dienone is 1. The fraction of sp³-hybridized carbons (Fsp3) is 0.312. The average molecular weight is 283 g/mol. The van der Waals surface area contributed by atoms with Crippen LogP contribution in [-0.4, -0.2) is 15.9 Å². The van der Waals surface area contributed by atoms with Crippen molar-refractivity contribution in [3.8, 4) is 0 Å². The number of nitro groups is 1. The second kappa shape index (κ2) is 5.52. The topological polar surface area (TPSA) is 68.1 Å². The lowest BCUT2D eigenvalue weighted by molar-refractivity contribution is -0.384. The standard InChI is InChI=1S/C16H17N3O2/c1-11-9-16(18-12-5-3-2-4-6-12)14-10-13(19(20)21)7-8-15(14)17-11/h2-3,7-10,12H,4-6H2,1H3,(H,17,18). The molecule has 0 saturated carbocycles. The zero-order valence-electron chi connectivity index (χ0n) is 11.9. The third kappa shape index (κ3) is 2.86. The molecule has 108 valence electrons. The smallest absolute Gasteiger partial charge is 0.270 e. The third-order valence-corrected chi connectivity index (χ3v) is 3.76. The maximum atomic E-state index is 11.0. The minimum absolute atomic E-state index is 0.0970. The van der Waals surface area contributed by atoms with Gasteiger partial charge in [0.15, 0.2) is 0 Å². The maximum Gasteiger partial charge on any atom is 0.270 e. The van der Waals surface area contributed by atoms with Crippen LogP contribution in [-0.2, 0) is 0 Å². The van der Waals surface area contributed by atoms with E-state index in [1.54, 1.807) is 12.1 Å². The van der Waals surface area contributed by atoms with Crippen LogP contribution in [0.15, 0.2) is 36.4 Å². The fourth-order valence-corrected chi connectivity index (χ4v) is 2.72. The minimum Gasteiger partial charge on any atom is -0.381 e. The van der Waals surface area contributed by atoms with Gasteiger partial charge in [-0.2, -0.15) is 0 Å². The lowest BCUT2D eigenvalue weighted by atomic mass is 10.0. The quantitative estimate of drug-likeness (QED) is 0.525. The molecule has 1 N–H and O–H groups in total. The van der Waals surface area contributed by atoms with Gasteiger partial charge in [-0.3, -0.25) is 15.1 Å². The largest absolute Gasteiger partial charge is 0.381 e. The molecule has 0 fully saturated rings. The summed E-state index contributed by atoms with van der Waals surface area (Å²) < 4.78 is 0. The summed E-state index contributed by atoms with van der Waals surface area (Å²) in [6, 6.07) is 7.15. The molecule has 0 bridgehead atoms. The van der Waals surface area contributed by atoms with Crippen LogP contribution in [0.5, 0.6) is 0 Å². The fourth-order valence-electron chi connectivity index (χ4n) is 2.72. The minimum atomic E-state index is -0.369. The molecule has 5 nitrogen and oxygen atoms in total. The maximum absolute atomic E-state index is 11.0. The zero-order valence-corrected chi connectivity index (χ0v) is 11.9. The molecule has 0 amide bonds. The molecule has 0 spiro atoms. The summed E-state index contributed by atoms with van der Waals surface area (Å²) in [5.74, 6) is 0. The van der Waals surface area contributed by atoms with Crippen LogP contribution in [0.3, 0.4) is 0 Å². The number of nitrogens with one attached hydrogen (secondary N) is 1. The van der Waals surface area contributed by atoms with Crippen molar-refractivity contribution in [2.45, 2.75) is 32.2 Å². The van der Waals surface area contributed by atoms with Gasteiger partial charge in [-0.05, 0) is 38.3 Å². The van der Waals surface area contributed by atoms with Crippen LogP contribution in [0.2, 0.25) is 0 Å². The average Bonchev–Trinajstić information content (AvgIpc) is 2.47. The van der Waals surface area contributed by atoms with Crippen molar-refractivity contribution in [3.63, 3.8) is 0 Å². The number of pyridine rings is 1. The number of hydrogen-bond acceptors (Lipinski definition) is 4. The van der Waals surface area contributed by atoms with Crippen LogP contribution >= 0.6 is 0 Å². The van der Waals surface area contributed by atoms with E-state index in [0.717, 1.165) is 41.5 Å². The molecule has 1 aromatic heterocycles. The molecule has 1 aromatic carbocycles. The Balaban J connectivity index is 2.04. The molecule has 0 aliphatic heterocycles. The first-order valence-corrected chi connectivity index (χ1v) is 7.11. The van der Waals surface area contributed by atoms with Crippen molar-refractivity contribution in [1.82, 2.24) is 4.98 Å². The summed E-state index contributed by atoms with van der Waals surface area (Å²) in [5.41, 5.74) is 2.72. The Labute approximate surface area is 122 Å². The number of hydrogen-bond donors (Lipinski definition) is 1. The second-order valence-electron chi connectivity index (χ2n) is 5.40. The van der Waals surface area contributed by atoms with Gasteiger partial charge in [0.2, 0.25) is 0 Å². The summed E-state index contributed by atoms with van der Waals surface area (Å²) in [6.07, 6.45) is 7.50. The number of nitro benzene ring substituents is 1. The lowest BCUT2D eigenvalue weighted by Crippen LogP contribution is -2.20. The Hall–Kier alpha value is -2.43. The monoisotopic (exact) mass is 283 g/mol. The number of nitrogens with zero attached hydrogens (tertiary/aromatic N) is 2. The van der Waals surface area contributed by atoms with Gasteiger partial charge < -0.3 is 5.32 Å². The van der Waals surface area contributed by atoms with Crippen molar-refractivity contribution in [2.75, 3.05) is 5.32 Å². The van der Waals surface area contributed by atoms with Gasteiger partial charge in [-0.25, -0.2) is 0 Å². The first kappa shape index (κ1) is 13.5. The van der Waals surface area contributed by atoms with Gasteiger partial charge in [0.05, 0.1) is 10.4 Å². The van der Waals surface area contributed by atoms with E-state index in [0.29, 0.717) is 6.04 Å². The van der Waals surface area contributed by atoms with Crippen molar-refractivity contribution < 1.29 is 4.92 Å². The Bertz CT molecular complexity index is 725. The summed E-state index contributed by atoms with van der Waals surface area (Å²) in [4.78, 5) is 15.1. The van der Waals surface area contributed by atoms with E-state index in [9.17, 15) is 10.1 Å². The number of anilines is 1. The molecule has 21 heavy (non-hydrogen) atoms. The van der Waals surface area contributed by atoms with E-state index in [4.69, 9.17) is 0 Å². The number of non-ortho nitro benzene ring substituents is 1. The van der Waals surface area contributed by atoms with Crippen molar-refractivity contribution >= 4 is 22.3 Å². The van der Waals surface area contributed by atoms with Gasteiger partial charge in [0.1, 0.15) is 0 Å².